The summed E-state index contributed by atoms with van der Waals surface area (Å²) in [6.45, 7) is 3.98. The Bertz CT molecular complexity index is 984. The van der Waals surface area contributed by atoms with E-state index in [1.165, 1.54) is 24.5 Å². The van der Waals surface area contributed by atoms with Crippen LogP contribution in [0.3, 0.4) is 0 Å². The highest BCUT2D eigenvalue weighted by Gasteiger charge is 2.19. The van der Waals surface area contributed by atoms with Crippen LogP contribution in [-0.2, 0) is 11.3 Å². The van der Waals surface area contributed by atoms with E-state index in [4.69, 9.17) is 4.74 Å². The summed E-state index contributed by atoms with van der Waals surface area (Å²) in [6, 6.07) is 13.5. The van der Waals surface area contributed by atoms with Crippen LogP contribution in [0.5, 0.6) is 0 Å². The molecule has 0 saturated carbocycles. The Hall–Kier alpha value is -2.83. The fourth-order valence-corrected chi connectivity index (χ4v) is 3.96. The molecule has 1 aromatic carbocycles. The van der Waals surface area contributed by atoms with E-state index in [1.807, 2.05) is 24.3 Å². The number of rotatable bonds is 6. The molecule has 0 unspecified atom stereocenters. The number of ether oxygens (including phenoxy) is 1. The number of H-pyrrole nitrogens is 1. The summed E-state index contributed by atoms with van der Waals surface area (Å²) >= 11 is 0. The highest BCUT2D eigenvalue weighted by atomic mass is 16.5. The Kier molecular flexibility index (Phi) is 6.12. The molecule has 4 rings (SSSR count). The van der Waals surface area contributed by atoms with Crippen molar-refractivity contribution < 1.29 is 4.74 Å². The van der Waals surface area contributed by atoms with Crippen LogP contribution in [0.2, 0.25) is 0 Å². The van der Waals surface area contributed by atoms with Crippen molar-refractivity contribution >= 4 is 0 Å². The van der Waals surface area contributed by atoms with E-state index in [1.54, 1.807) is 19.5 Å². The molecule has 6 heteroatoms. The van der Waals surface area contributed by atoms with Gasteiger partial charge in [0.2, 0.25) is 0 Å². The van der Waals surface area contributed by atoms with Gasteiger partial charge in [-0.15, -0.1) is 0 Å². The van der Waals surface area contributed by atoms with Gasteiger partial charge in [-0.2, -0.15) is 0 Å². The average molecular weight is 390 g/mol. The average Bonchev–Trinajstić information content (AvgIpc) is 2.75. The van der Waals surface area contributed by atoms with Gasteiger partial charge in [0.25, 0.3) is 5.56 Å². The summed E-state index contributed by atoms with van der Waals surface area (Å²) < 4.78 is 5.33. The second-order valence-electron chi connectivity index (χ2n) is 7.61. The van der Waals surface area contributed by atoms with Crippen molar-refractivity contribution in [3.8, 4) is 22.6 Å². The molecule has 0 aliphatic carbocycles. The number of nitrogens with one attached hydrogen (secondary N) is 1. The van der Waals surface area contributed by atoms with E-state index >= 15 is 0 Å². The number of pyridine rings is 1. The first-order valence-corrected chi connectivity index (χ1v) is 10.0. The smallest absolute Gasteiger partial charge is 0.251 e. The lowest BCUT2D eigenvalue weighted by atomic mass is 9.98. The number of hydrogen-bond donors (Lipinski definition) is 1. The quantitative estimate of drug-likeness (QED) is 0.699. The minimum Gasteiger partial charge on any atom is -0.384 e. The number of piperidine rings is 1. The van der Waals surface area contributed by atoms with Gasteiger partial charge in [-0.1, -0.05) is 24.3 Å². The lowest BCUT2D eigenvalue weighted by Crippen LogP contribution is -2.36. The Balaban J connectivity index is 1.49. The standard InChI is InChI=1S/C23H26N4O2/c1-29-16-18-3-2-12-27(15-18)14-17-4-6-20(7-5-17)23-25-21(13-22(28)26-23)19-8-10-24-11-9-19/h4-11,13,18H,2-3,12,14-16H2,1H3,(H,25,26,28)/t18-/m0/s1. The summed E-state index contributed by atoms with van der Waals surface area (Å²) in [7, 11) is 1.78. The van der Waals surface area contributed by atoms with Gasteiger partial charge in [0.15, 0.2) is 0 Å². The molecule has 1 atom stereocenters. The monoisotopic (exact) mass is 390 g/mol. The maximum atomic E-state index is 12.1. The first-order chi connectivity index (χ1) is 14.2. The van der Waals surface area contributed by atoms with Gasteiger partial charge in [-0.05, 0) is 43.0 Å². The molecule has 2 aromatic heterocycles. The van der Waals surface area contributed by atoms with Gasteiger partial charge in [0.1, 0.15) is 5.82 Å². The molecule has 0 spiro atoms. The lowest BCUT2D eigenvalue weighted by molar-refractivity contribution is 0.0874. The molecule has 1 aliphatic heterocycles. The van der Waals surface area contributed by atoms with Crippen molar-refractivity contribution in [2.45, 2.75) is 19.4 Å². The van der Waals surface area contributed by atoms with Crippen molar-refractivity contribution in [1.82, 2.24) is 19.9 Å². The second kappa shape index (κ2) is 9.11. The molecule has 0 amide bonds. The molecule has 1 aliphatic rings. The SMILES string of the molecule is COC[C@H]1CCCN(Cc2ccc(-c3nc(-c4ccncc4)cc(=O)[nH]3)cc2)C1. The first kappa shape index (κ1) is 19.5. The van der Waals surface area contributed by atoms with Crippen molar-refractivity contribution in [2.24, 2.45) is 5.92 Å². The predicted octanol–water partition coefficient (Wildman–Crippen LogP) is 3.36. The van der Waals surface area contributed by atoms with Crippen molar-refractivity contribution in [3.63, 3.8) is 0 Å². The van der Waals surface area contributed by atoms with Gasteiger partial charge in [0.05, 0.1) is 12.3 Å². The summed E-state index contributed by atoms with van der Waals surface area (Å²) in [6.07, 6.45) is 5.87. The number of aromatic amines is 1. The third-order valence-corrected chi connectivity index (χ3v) is 5.36. The zero-order chi connectivity index (χ0) is 20.1. The molecule has 3 heterocycles. The van der Waals surface area contributed by atoms with Gasteiger partial charge >= 0.3 is 0 Å². The zero-order valence-corrected chi connectivity index (χ0v) is 16.7. The van der Waals surface area contributed by atoms with E-state index in [2.05, 4.69) is 32.0 Å². The second-order valence-corrected chi connectivity index (χ2v) is 7.61. The molecule has 1 saturated heterocycles. The maximum Gasteiger partial charge on any atom is 0.251 e. The minimum absolute atomic E-state index is 0.164. The van der Waals surface area contributed by atoms with Crippen molar-refractivity contribution in [3.05, 3.63) is 70.8 Å². The molecular weight excluding hydrogens is 364 g/mol. The molecule has 1 N–H and O–H groups in total. The van der Waals surface area contributed by atoms with Gasteiger partial charge < -0.3 is 9.72 Å². The lowest BCUT2D eigenvalue weighted by Gasteiger charge is -2.32. The Morgan fingerprint density at radius 2 is 1.93 bits per heavy atom. The van der Waals surface area contributed by atoms with E-state index in [9.17, 15) is 4.79 Å². The predicted molar refractivity (Wildman–Crippen MR) is 113 cm³/mol. The van der Waals surface area contributed by atoms with Crippen LogP contribution >= 0.6 is 0 Å². The molecule has 0 radical (unpaired) electrons. The fourth-order valence-electron chi connectivity index (χ4n) is 3.96. The Morgan fingerprint density at radius 3 is 2.69 bits per heavy atom. The molecule has 6 nitrogen and oxygen atoms in total. The third-order valence-electron chi connectivity index (χ3n) is 5.36. The number of aromatic nitrogens is 3. The van der Waals surface area contributed by atoms with Crippen LogP contribution in [0.25, 0.3) is 22.6 Å². The topological polar surface area (TPSA) is 71.1 Å². The normalized spacial score (nSPS) is 17.3. The molecule has 3 aromatic rings. The van der Waals surface area contributed by atoms with Crippen LogP contribution in [0.15, 0.2) is 59.7 Å². The van der Waals surface area contributed by atoms with Crippen LogP contribution < -0.4 is 5.56 Å². The minimum atomic E-state index is -0.164. The zero-order valence-electron chi connectivity index (χ0n) is 16.7. The maximum absolute atomic E-state index is 12.1. The van der Waals surface area contributed by atoms with Crippen LogP contribution in [-0.4, -0.2) is 46.7 Å². The summed E-state index contributed by atoms with van der Waals surface area (Å²) in [5.74, 6) is 1.20. The summed E-state index contributed by atoms with van der Waals surface area (Å²) in [5.41, 5.74) is 3.52. The van der Waals surface area contributed by atoms with E-state index in [-0.39, 0.29) is 5.56 Å². The number of nitrogens with zero attached hydrogens (tertiary/aromatic N) is 3. The molecular formula is C23H26N4O2. The van der Waals surface area contributed by atoms with Crippen molar-refractivity contribution in [1.29, 1.82) is 0 Å². The molecule has 1 fully saturated rings. The van der Waals surface area contributed by atoms with Gasteiger partial charge in [0, 0.05) is 49.8 Å². The number of hydrogen-bond acceptors (Lipinski definition) is 5. The van der Waals surface area contributed by atoms with E-state index < -0.39 is 0 Å². The highest BCUT2D eigenvalue weighted by Crippen LogP contribution is 2.22. The fraction of sp³-hybridized carbons (Fsp3) is 0.348. The summed E-state index contributed by atoms with van der Waals surface area (Å²) in [4.78, 5) is 26.1. The van der Waals surface area contributed by atoms with E-state index in [0.717, 1.165) is 37.4 Å². The van der Waals surface area contributed by atoms with Crippen molar-refractivity contribution in [2.75, 3.05) is 26.8 Å². The Morgan fingerprint density at radius 1 is 1.14 bits per heavy atom. The van der Waals surface area contributed by atoms with Gasteiger partial charge in [-0.3, -0.25) is 14.7 Å². The first-order valence-electron chi connectivity index (χ1n) is 10.0. The van der Waals surface area contributed by atoms with Gasteiger partial charge in [-0.25, -0.2) is 4.98 Å². The highest BCUT2D eigenvalue weighted by molar-refractivity contribution is 5.63. The number of benzene rings is 1. The molecule has 29 heavy (non-hydrogen) atoms. The largest absolute Gasteiger partial charge is 0.384 e. The third kappa shape index (κ3) is 4.96. The van der Waals surface area contributed by atoms with E-state index in [0.29, 0.717) is 17.4 Å². The number of likely N-dealkylation sites (tertiary alicyclic amines) is 1. The molecule has 0 bridgehead atoms. The summed E-state index contributed by atoms with van der Waals surface area (Å²) in [5, 5.41) is 0. The Labute approximate surface area is 170 Å². The molecule has 150 valence electrons. The van der Waals surface area contributed by atoms with Crippen LogP contribution in [0.1, 0.15) is 18.4 Å². The number of methoxy groups -OCH3 is 1. The van der Waals surface area contributed by atoms with Crippen LogP contribution in [0, 0.1) is 5.92 Å². The van der Waals surface area contributed by atoms with Crippen LogP contribution in [0.4, 0.5) is 0 Å².